The maximum absolute atomic E-state index is 12.3. The fourth-order valence-electron chi connectivity index (χ4n) is 3.26. The van der Waals surface area contributed by atoms with E-state index in [9.17, 15) is 13.2 Å². The molecule has 2 aromatic carbocycles. The van der Waals surface area contributed by atoms with Gasteiger partial charge in [-0.25, -0.2) is 0 Å². The summed E-state index contributed by atoms with van der Waals surface area (Å²) in [5, 5.41) is 0. The second-order valence-electron chi connectivity index (χ2n) is 7.20. The highest BCUT2D eigenvalue weighted by Crippen LogP contribution is 2.29. The van der Waals surface area contributed by atoms with Crippen molar-refractivity contribution >= 4 is 0 Å². The first kappa shape index (κ1) is 22.1. The molecule has 0 amide bonds. The lowest BCUT2D eigenvalue weighted by atomic mass is 10.1. The van der Waals surface area contributed by atoms with E-state index in [1.165, 1.54) is 11.6 Å². The molecular formula is C23H27F3O4. The summed E-state index contributed by atoms with van der Waals surface area (Å²) in [5.74, 6) is 2.53. The highest BCUT2D eigenvalue weighted by atomic mass is 19.4. The minimum atomic E-state index is -4.36. The van der Waals surface area contributed by atoms with Gasteiger partial charge in [-0.05, 0) is 54.7 Å². The van der Waals surface area contributed by atoms with Gasteiger partial charge in [-0.1, -0.05) is 19.4 Å². The molecule has 1 heterocycles. The zero-order chi connectivity index (χ0) is 21.4. The summed E-state index contributed by atoms with van der Waals surface area (Å²) in [7, 11) is 0. The molecule has 0 atom stereocenters. The third-order valence-corrected chi connectivity index (χ3v) is 4.66. The average Bonchev–Trinajstić information content (AvgIpc) is 2.73. The van der Waals surface area contributed by atoms with Crippen LogP contribution in [-0.4, -0.2) is 32.6 Å². The molecule has 1 aliphatic rings. The van der Waals surface area contributed by atoms with E-state index in [1.807, 2.05) is 25.1 Å². The minimum absolute atomic E-state index is 0.195. The first-order chi connectivity index (χ1) is 14.4. The van der Waals surface area contributed by atoms with Gasteiger partial charge in [-0.2, -0.15) is 13.2 Å². The number of benzene rings is 2. The van der Waals surface area contributed by atoms with Crippen molar-refractivity contribution in [2.24, 2.45) is 0 Å². The van der Waals surface area contributed by atoms with Crippen LogP contribution in [0.15, 0.2) is 36.4 Å². The minimum Gasteiger partial charge on any atom is -0.493 e. The second kappa shape index (κ2) is 10.5. The van der Waals surface area contributed by atoms with Gasteiger partial charge in [0, 0.05) is 12.5 Å². The van der Waals surface area contributed by atoms with Crippen LogP contribution < -0.4 is 18.9 Å². The SMILES string of the molecule is CCCc1cc(OCC(F)(F)F)ccc1OCCCOc1ccc2c(c1)OCCC2. The Hall–Kier alpha value is -2.57. The number of halogens is 3. The Morgan fingerprint density at radius 2 is 1.73 bits per heavy atom. The Morgan fingerprint density at radius 1 is 0.967 bits per heavy atom. The summed E-state index contributed by atoms with van der Waals surface area (Å²) in [6, 6.07) is 10.7. The smallest absolute Gasteiger partial charge is 0.422 e. The van der Waals surface area contributed by atoms with Gasteiger partial charge in [-0.15, -0.1) is 0 Å². The van der Waals surface area contributed by atoms with Crippen molar-refractivity contribution in [2.75, 3.05) is 26.4 Å². The predicted octanol–water partition coefficient (Wildman–Crippen LogP) is 5.75. The zero-order valence-electron chi connectivity index (χ0n) is 17.1. The third kappa shape index (κ3) is 6.75. The van der Waals surface area contributed by atoms with E-state index in [1.54, 1.807) is 12.1 Å². The summed E-state index contributed by atoms with van der Waals surface area (Å²) in [5.41, 5.74) is 2.05. The van der Waals surface area contributed by atoms with E-state index < -0.39 is 12.8 Å². The van der Waals surface area contributed by atoms with Crippen LogP contribution in [0.2, 0.25) is 0 Å². The number of alkyl halides is 3. The van der Waals surface area contributed by atoms with E-state index in [4.69, 9.17) is 18.9 Å². The topological polar surface area (TPSA) is 36.9 Å². The monoisotopic (exact) mass is 424 g/mol. The summed E-state index contributed by atoms with van der Waals surface area (Å²) in [6.07, 6.45) is -0.0591. The lowest BCUT2D eigenvalue weighted by molar-refractivity contribution is -0.153. The first-order valence-corrected chi connectivity index (χ1v) is 10.3. The predicted molar refractivity (Wildman–Crippen MR) is 108 cm³/mol. The van der Waals surface area contributed by atoms with Crippen molar-refractivity contribution in [2.45, 2.75) is 45.2 Å². The maximum atomic E-state index is 12.3. The fraction of sp³-hybridized carbons (Fsp3) is 0.478. The summed E-state index contributed by atoms with van der Waals surface area (Å²) >= 11 is 0. The fourth-order valence-corrected chi connectivity index (χ4v) is 3.26. The van der Waals surface area contributed by atoms with Crippen molar-refractivity contribution in [3.8, 4) is 23.0 Å². The van der Waals surface area contributed by atoms with Crippen LogP contribution in [0, 0.1) is 0 Å². The largest absolute Gasteiger partial charge is 0.493 e. The van der Waals surface area contributed by atoms with Crippen molar-refractivity contribution in [1.82, 2.24) is 0 Å². The van der Waals surface area contributed by atoms with Gasteiger partial charge in [0.1, 0.15) is 23.0 Å². The highest BCUT2D eigenvalue weighted by molar-refractivity contribution is 5.42. The van der Waals surface area contributed by atoms with Gasteiger partial charge < -0.3 is 18.9 Å². The molecule has 0 spiro atoms. The molecule has 4 nitrogen and oxygen atoms in total. The number of hydrogen-bond donors (Lipinski definition) is 0. The van der Waals surface area contributed by atoms with Crippen molar-refractivity contribution in [3.05, 3.63) is 47.5 Å². The molecule has 0 saturated heterocycles. The molecular weight excluding hydrogens is 397 g/mol. The van der Waals surface area contributed by atoms with Gasteiger partial charge in [0.05, 0.1) is 19.8 Å². The standard InChI is InChI=1S/C23H27F3O4/c1-2-5-18-14-19(30-16-23(24,25)26)9-10-21(18)28-13-4-12-27-20-8-7-17-6-3-11-29-22(17)15-20/h7-10,14-15H,2-6,11-13,16H2,1H3. The zero-order valence-corrected chi connectivity index (χ0v) is 17.1. The van der Waals surface area contributed by atoms with Crippen LogP contribution in [0.1, 0.15) is 37.3 Å². The molecule has 3 rings (SSSR count). The van der Waals surface area contributed by atoms with Crippen LogP contribution >= 0.6 is 0 Å². The molecule has 0 fully saturated rings. The molecule has 0 aromatic heterocycles. The molecule has 0 unspecified atom stereocenters. The van der Waals surface area contributed by atoms with E-state index in [0.717, 1.165) is 42.9 Å². The second-order valence-corrected chi connectivity index (χ2v) is 7.20. The van der Waals surface area contributed by atoms with Crippen LogP contribution in [0.5, 0.6) is 23.0 Å². The van der Waals surface area contributed by atoms with Crippen LogP contribution in [0.3, 0.4) is 0 Å². The Kier molecular flexibility index (Phi) is 7.71. The Bertz CT molecular complexity index is 821. The Labute approximate surface area is 174 Å². The van der Waals surface area contributed by atoms with Crippen LogP contribution in [0.4, 0.5) is 13.2 Å². The molecule has 0 bridgehead atoms. The van der Waals surface area contributed by atoms with Crippen LogP contribution in [0.25, 0.3) is 0 Å². The molecule has 164 valence electrons. The quantitative estimate of drug-likeness (QED) is 0.455. The molecule has 0 aliphatic carbocycles. The highest BCUT2D eigenvalue weighted by Gasteiger charge is 2.28. The molecule has 0 radical (unpaired) electrons. The van der Waals surface area contributed by atoms with Gasteiger partial charge in [0.25, 0.3) is 0 Å². The van der Waals surface area contributed by atoms with Gasteiger partial charge in [0.2, 0.25) is 0 Å². The third-order valence-electron chi connectivity index (χ3n) is 4.66. The summed E-state index contributed by atoms with van der Waals surface area (Å²) in [4.78, 5) is 0. The molecule has 7 heteroatoms. The first-order valence-electron chi connectivity index (χ1n) is 10.3. The molecule has 2 aromatic rings. The molecule has 0 N–H and O–H groups in total. The van der Waals surface area contributed by atoms with Crippen LogP contribution in [-0.2, 0) is 12.8 Å². The molecule has 0 saturated carbocycles. The van der Waals surface area contributed by atoms with Crippen molar-refractivity contribution < 1.29 is 32.1 Å². The molecule has 1 aliphatic heterocycles. The number of ether oxygens (including phenoxy) is 4. The number of hydrogen-bond acceptors (Lipinski definition) is 4. The van der Waals surface area contributed by atoms with E-state index in [0.29, 0.717) is 31.8 Å². The van der Waals surface area contributed by atoms with Crippen molar-refractivity contribution in [1.29, 1.82) is 0 Å². The maximum Gasteiger partial charge on any atom is 0.422 e. The Morgan fingerprint density at radius 3 is 2.53 bits per heavy atom. The number of rotatable bonds is 10. The normalized spacial score (nSPS) is 13.3. The number of fused-ring (bicyclic) bond motifs is 1. The summed E-state index contributed by atoms with van der Waals surface area (Å²) in [6.45, 7) is 2.38. The van der Waals surface area contributed by atoms with Gasteiger partial charge in [-0.3, -0.25) is 0 Å². The van der Waals surface area contributed by atoms with E-state index in [2.05, 4.69) is 0 Å². The van der Waals surface area contributed by atoms with Gasteiger partial charge >= 0.3 is 6.18 Å². The van der Waals surface area contributed by atoms with E-state index >= 15 is 0 Å². The van der Waals surface area contributed by atoms with Crippen molar-refractivity contribution in [3.63, 3.8) is 0 Å². The molecule has 30 heavy (non-hydrogen) atoms. The Balaban J connectivity index is 1.46. The summed E-state index contributed by atoms with van der Waals surface area (Å²) < 4.78 is 59.1. The van der Waals surface area contributed by atoms with E-state index in [-0.39, 0.29) is 5.75 Å². The number of aryl methyl sites for hydroxylation is 2. The lowest BCUT2D eigenvalue weighted by Crippen LogP contribution is -2.19. The lowest BCUT2D eigenvalue weighted by Gasteiger charge is -2.18. The average molecular weight is 424 g/mol. The van der Waals surface area contributed by atoms with Gasteiger partial charge in [0.15, 0.2) is 6.61 Å².